The molecule has 0 aliphatic carbocycles. The van der Waals surface area contributed by atoms with E-state index >= 15 is 0 Å². The van der Waals surface area contributed by atoms with E-state index in [2.05, 4.69) is 73.8 Å². The predicted octanol–water partition coefficient (Wildman–Crippen LogP) is -1.61. The van der Waals surface area contributed by atoms with E-state index in [4.69, 9.17) is 31.1 Å². The van der Waals surface area contributed by atoms with Crippen molar-refractivity contribution in [2.24, 2.45) is 17.4 Å². The number of urea groups is 1. The van der Waals surface area contributed by atoms with Gasteiger partial charge in [-0.05, 0) is 86.6 Å². The van der Waals surface area contributed by atoms with Crippen LogP contribution < -0.4 is 70.0 Å². The maximum absolute atomic E-state index is 14.5. The second-order valence-electron chi connectivity index (χ2n) is 24.3. The molecule has 2 saturated heterocycles. The van der Waals surface area contributed by atoms with Crippen molar-refractivity contribution in [3.8, 4) is 5.75 Å². The number of fused-ring (bicyclic) bond motifs is 4. The lowest BCUT2D eigenvalue weighted by Gasteiger charge is -2.26. The van der Waals surface area contributed by atoms with Crippen LogP contribution in [0.15, 0.2) is 60.9 Å². The third-order valence-electron chi connectivity index (χ3n) is 16.2. The first-order chi connectivity index (χ1) is 46.2. The smallest absolute Gasteiger partial charge is 0.315 e. The second kappa shape index (κ2) is 38.5. The average Bonchev–Trinajstić information content (AvgIpc) is 1.71. The van der Waals surface area contributed by atoms with Crippen LogP contribution in [0.25, 0.3) is 10.9 Å². The number of carbonyl (C=O) groups is 10. The summed E-state index contributed by atoms with van der Waals surface area (Å²) < 4.78 is 18.3. The molecule has 5 heterocycles. The Labute approximate surface area is 560 Å². The van der Waals surface area contributed by atoms with Gasteiger partial charge in [-0.15, -0.1) is 5.10 Å². The van der Waals surface area contributed by atoms with E-state index in [9.17, 15) is 53.1 Å². The van der Waals surface area contributed by atoms with Crippen LogP contribution >= 0.6 is 11.8 Å². The van der Waals surface area contributed by atoms with Crippen molar-refractivity contribution < 1.29 is 67.3 Å². The van der Waals surface area contributed by atoms with E-state index in [1.807, 2.05) is 49.9 Å². The number of aromatic amines is 1. The van der Waals surface area contributed by atoms with Gasteiger partial charge in [-0.1, -0.05) is 55.8 Å². The maximum atomic E-state index is 14.5. The van der Waals surface area contributed by atoms with Gasteiger partial charge in [0.05, 0.1) is 57.4 Å². The molecule has 11 amide bonds. The standard InChI is InChI=1S/C63H92N18O14S/c1-37(2)28-46-58(88)74-45(13-9-20-68-62(65)66)57(87)70-33-53(84)71-47(29-38-16-18-41(82)19-17-38)59(89)76-48(30-39-32-69-43-11-4-3-10-42(39)43)60(90)73-44(56(64)86)12-7-8-22-81-34-40(79-80-81)31-49(61(91)75-46)72-54(85)35-95-27-26-94-25-24-93-23-21-67-52(83)15-6-5-14-51-55-50(36-96-51)77-63(92)78-55/h3-4,10-11,16-19,32,34,37,44-51,55,69,82H,5-9,12-15,20-31,33,35-36H2,1-2H3,(H2,64,86)(H,67,83)(H,70,87)(H,71,84)(H,72,85)(H,73,90)(H,74,88)(H,75,91)(H,76,89)(H4,65,66,68)(H2,77,78,92)/t44-,45+,46+,47+,48+,49-,50+,51?,55+/m0/s1. The molecule has 3 aliphatic rings. The molecular formula is C63H92N18O14S. The SMILES string of the molecule is CC(C)C[C@H]1NC(=O)[C@@H](NC(=O)COCCOCCOCCNC(=O)CCCCC2SC[C@H]3NC(=O)N[C@@H]23)Cc2cn(nn2)CCCC[C@@H](C(N)=O)NC(=O)[C@@H](Cc2c[nH]c3ccccc23)NC(=O)[C@@H](Cc2ccc(O)cc2)NC(=O)CNC(=O)[C@@H](CCCNC(=N)N)NC1=O. The van der Waals surface area contributed by atoms with Gasteiger partial charge in [0.2, 0.25) is 53.2 Å². The van der Waals surface area contributed by atoms with Gasteiger partial charge in [0.25, 0.3) is 0 Å². The number of unbranched alkanes of at least 4 members (excludes halogenated alkanes) is 1. The molecule has 2 aromatic carbocycles. The van der Waals surface area contributed by atoms with Gasteiger partial charge in [0.1, 0.15) is 48.6 Å². The topological polar surface area (TPSA) is 473 Å². The van der Waals surface area contributed by atoms with Crippen molar-refractivity contribution in [1.29, 1.82) is 5.41 Å². The predicted molar refractivity (Wildman–Crippen MR) is 353 cm³/mol. The zero-order valence-corrected chi connectivity index (χ0v) is 55.0. The highest BCUT2D eigenvalue weighted by molar-refractivity contribution is 8.00. The molecule has 2 bridgehead atoms. The number of nitrogens with two attached hydrogens (primary N) is 2. The van der Waals surface area contributed by atoms with E-state index < -0.39 is 96.7 Å². The van der Waals surface area contributed by atoms with Crippen LogP contribution in [-0.4, -0.2) is 209 Å². The molecule has 0 saturated carbocycles. The molecule has 0 radical (unpaired) electrons. The number of aromatic nitrogens is 4. The molecule has 32 nitrogen and oxygen atoms in total. The lowest BCUT2D eigenvalue weighted by Crippen LogP contribution is -2.59. The highest BCUT2D eigenvalue weighted by Gasteiger charge is 2.43. The maximum Gasteiger partial charge on any atom is 0.315 e. The van der Waals surface area contributed by atoms with Crippen LogP contribution in [-0.2, 0) is 83.2 Å². The van der Waals surface area contributed by atoms with Crippen LogP contribution in [0.2, 0.25) is 0 Å². The Balaban J connectivity index is 0.994. The van der Waals surface area contributed by atoms with Crippen molar-refractivity contribution in [1.82, 2.24) is 78.5 Å². The number of hydrogen-bond donors (Lipinski definition) is 16. The fourth-order valence-electron chi connectivity index (χ4n) is 11.3. The third-order valence-corrected chi connectivity index (χ3v) is 17.7. The lowest BCUT2D eigenvalue weighted by molar-refractivity contribution is -0.135. The number of nitrogens with one attached hydrogen (secondary N) is 13. The highest BCUT2D eigenvalue weighted by Crippen LogP contribution is 2.33. The Bertz CT molecular complexity index is 3280. The first-order valence-corrected chi connectivity index (χ1v) is 33.6. The number of primary amides is 1. The average molecular weight is 1360 g/mol. The second-order valence-corrected chi connectivity index (χ2v) is 25.6. The Morgan fingerprint density at radius 2 is 1.45 bits per heavy atom. The minimum atomic E-state index is -1.39. The largest absolute Gasteiger partial charge is 0.508 e. The van der Waals surface area contributed by atoms with Gasteiger partial charge in [0, 0.05) is 79.6 Å². The molecule has 33 heteroatoms. The van der Waals surface area contributed by atoms with E-state index in [-0.39, 0.29) is 138 Å². The molecule has 4 aromatic rings. The first kappa shape index (κ1) is 74.3. The number of benzene rings is 2. The summed E-state index contributed by atoms with van der Waals surface area (Å²) >= 11 is 1.85. The Hall–Kier alpha value is -9.08. The van der Waals surface area contributed by atoms with Crippen molar-refractivity contribution in [3.05, 3.63) is 77.7 Å². The van der Waals surface area contributed by atoms with Crippen molar-refractivity contribution in [2.75, 3.05) is 65.0 Å². The van der Waals surface area contributed by atoms with Crippen molar-refractivity contribution in [3.63, 3.8) is 0 Å². The van der Waals surface area contributed by atoms with Crippen LogP contribution in [0.4, 0.5) is 4.79 Å². The normalized spacial score (nSPS) is 22.6. The van der Waals surface area contributed by atoms with Gasteiger partial charge < -0.3 is 94.3 Å². The van der Waals surface area contributed by atoms with Gasteiger partial charge in [-0.2, -0.15) is 11.8 Å². The fourth-order valence-corrected chi connectivity index (χ4v) is 12.8. The van der Waals surface area contributed by atoms with E-state index in [0.717, 1.165) is 35.9 Å². The van der Waals surface area contributed by atoms with E-state index in [1.165, 1.54) is 16.8 Å². The number of H-pyrrole nitrogens is 1. The number of thioether (sulfide) groups is 1. The summed E-state index contributed by atoms with van der Waals surface area (Å²) in [4.78, 5) is 140. The van der Waals surface area contributed by atoms with Gasteiger partial charge >= 0.3 is 6.03 Å². The molecule has 3 aliphatic heterocycles. The Kier molecular flexibility index (Phi) is 29.8. The summed E-state index contributed by atoms with van der Waals surface area (Å²) in [5.74, 6) is -6.11. The summed E-state index contributed by atoms with van der Waals surface area (Å²) in [6.45, 7) is 3.96. The quantitative estimate of drug-likeness (QED) is 0.0132. The number of hydrogen-bond acceptors (Lipinski definition) is 18. The molecule has 1 unspecified atom stereocenters. The number of nitrogens with zero attached hydrogens (tertiary/aromatic N) is 3. The zero-order chi connectivity index (χ0) is 68.9. The fraction of sp³-hybridized carbons (Fsp3) is 0.571. The number of rotatable bonds is 28. The number of amides is 11. The first-order valence-electron chi connectivity index (χ1n) is 32.5. The number of aryl methyl sites for hydroxylation is 1. The molecular weight excluding hydrogens is 1260 g/mol. The van der Waals surface area contributed by atoms with Crippen molar-refractivity contribution >= 4 is 87.8 Å². The van der Waals surface area contributed by atoms with Gasteiger partial charge in [-0.25, -0.2) is 4.79 Å². The molecule has 0 spiro atoms. The van der Waals surface area contributed by atoms with Crippen LogP contribution in [0.1, 0.15) is 94.9 Å². The Morgan fingerprint density at radius 1 is 0.740 bits per heavy atom. The number of aromatic hydroxyl groups is 1. The highest BCUT2D eigenvalue weighted by atomic mass is 32.2. The molecule has 7 rings (SSSR count). The minimum Gasteiger partial charge on any atom is -0.508 e. The summed E-state index contributed by atoms with van der Waals surface area (Å²) in [7, 11) is 0. The number of guanidine groups is 1. The third kappa shape index (κ3) is 24.9. The van der Waals surface area contributed by atoms with Crippen LogP contribution in [0.5, 0.6) is 5.75 Å². The molecule has 18 N–H and O–H groups in total. The van der Waals surface area contributed by atoms with E-state index in [0.29, 0.717) is 42.2 Å². The number of phenolic OH excluding ortho intramolecular Hbond substituents is 1. The summed E-state index contributed by atoms with van der Waals surface area (Å²) in [6, 6.07) is 5.49. The zero-order valence-electron chi connectivity index (χ0n) is 54.2. The summed E-state index contributed by atoms with van der Waals surface area (Å²) in [5.41, 5.74) is 13.6. The molecule has 524 valence electrons. The number of carbonyl (C=O) groups excluding carboxylic acids is 10. The number of phenols is 1. The summed E-state index contributed by atoms with van der Waals surface area (Å²) in [6.07, 6.45) is 6.78. The molecule has 9 atom stereocenters. The van der Waals surface area contributed by atoms with Crippen LogP contribution in [0.3, 0.4) is 0 Å². The number of ether oxygens (including phenoxy) is 3. The van der Waals surface area contributed by atoms with E-state index in [1.54, 1.807) is 24.5 Å². The lowest BCUT2D eigenvalue weighted by atomic mass is 10.0. The summed E-state index contributed by atoms with van der Waals surface area (Å²) in [5, 5.41) is 57.5. The minimum absolute atomic E-state index is 0.000964. The van der Waals surface area contributed by atoms with Crippen LogP contribution in [0, 0.1) is 11.3 Å². The molecule has 2 fully saturated rings. The van der Waals surface area contributed by atoms with Gasteiger partial charge in [-0.3, -0.25) is 53.2 Å². The van der Waals surface area contributed by atoms with Crippen molar-refractivity contribution in [2.45, 2.75) is 157 Å². The monoisotopic (exact) mass is 1360 g/mol. The van der Waals surface area contributed by atoms with Gasteiger partial charge in [0.15, 0.2) is 5.96 Å². The number of para-hydroxylation sites is 1. The molecule has 2 aromatic heterocycles. The molecule has 96 heavy (non-hydrogen) atoms. The Morgan fingerprint density at radius 3 is 2.21 bits per heavy atom.